The molecule has 106 valence electrons. The number of carbonyl (C=O) groups is 1. The van der Waals surface area contributed by atoms with Crippen molar-refractivity contribution in [2.45, 2.75) is 77.9 Å². The van der Waals surface area contributed by atoms with Gasteiger partial charge in [-0.25, -0.2) is 0 Å². The number of hydrogen-bond acceptors (Lipinski definition) is 2. The maximum Gasteiger partial charge on any atom is 0.257 e. The quantitative estimate of drug-likeness (QED) is 0.467. The Balaban J connectivity index is 2.26. The molecular formula is C15H29NO2. The molecule has 18 heavy (non-hydrogen) atoms. The Morgan fingerprint density at radius 1 is 1.11 bits per heavy atom. The van der Waals surface area contributed by atoms with E-state index in [-0.39, 0.29) is 12.0 Å². The van der Waals surface area contributed by atoms with Gasteiger partial charge in [0.15, 0.2) is 5.60 Å². The van der Waals surface area contributed by atoms with E-state index >= 15 is 0 Å². The van der Waals surface area contributed by atoms with Crippen molar-refractivity contribution in [2.75, 3.05) is 13.1 Å². The first-order valence-corrected chi connectivity index (χ1v) is 7.57. The maximum absolute atomic E-state index is 12.2. The van der Waals surface area contributed by atoms with Crippen LogP contribution in [0.15, 0.2) is 0 Å². The molecule has 0 aromatic carbocycles. The van der Waals surface area contributed by atoms with Crippen molar-refractivity contribution in [3.05, 3.63) is 0 Å². The Labute approximate surface area is 112 Å². The Hall–Kier alpha value is -0.570. The molecule has 1 aliphatic heterocycles. The third-order valence-electron chi connectivity index (χ3n) is 3.99. The average Bonchev–Trinajstić information content (AvgIpc) is 3.03. The van der Waals surface area contributed by atoms with Crippen LogP contribution >= 0.6 is 0 Å². The number of carbonyl (C=O) groups excluding carboxylic acids is 1. The number of unbranched alkanes of at least 4 members (excludes halogenated alkanes) is 4. The standard InChI is InChI=1S/C15H29NO2/c1-5-8-9-10-11-12-13-15(4,18-13)14(17)16(6-2)7-3/h13H,5-12H2,1-4H3/t13-,15+/m1/s1. The minimum Gasteiger partial charge on any atom is -0.356 e. The van der Waals surface area contributed by atoms with Crippen LogP contribution in [0.2, 0.25) is 0 Å². The van der Waals surface area contributed by atoms with Gasteiger partial charge in [-0.15, -0.1) is 0 Å². The number of rotatable bonds is 9. The van der Waals surface area contributed by atoms with E-state index < -0.39 is 5.60 Å². The molecule has 0 aromatic rings. The van der Waals surface area contributed by atoms with Crippen LogP contribution in [-0.4, -0.2) is 35.6 Å². The molecule has 0 unspecified atom stereocenters. The van der Waals surface area contributed by atoms with Crippen LogP contribution in [0.3, 0.4) is 0 Å². The molecule has 0 aliphatic carbocycles. The zero-order valence-corrected chi connectivity index (χ0v) is 12.5. The fourth-order valence-corrected chi connectivity index (χ4v) is 2.54. The van der Waals surface area contributed by atoms with E-state index in [1.807, 2.05) is 25.7 Å². The lowest BCUT2D eigenvalue weighted by molar-refractivity contribution is -0.135. The average molecular weight is 255 g/mol. The van der Waals surface area contributed by atoms with Gasteiger partial charge in [0, 0.05) is 13.1 Å². The minimum atomic E-state index is -0.517. The zero-order chi connectivity index (χ0) is 13.6. The molecule has 1 aliphatic rings. The van der Waals surface area contributed by atoms with Crippen LogP contribution in [0.1, 0.15) is 66.2 Å². The first kappa shape index (κ1) is 15.5. The summed E-state index contributed by atoms with van der Waals surface area (Å²) < 4.78 is 5.67. The largest absolute Gasteiger partial charge is 0.356 e. The summed E-state index contributed by atoms with van der Waals surface area (Å²) in [6.07, 6.45) is 7.55. The lowest BCUT2D eigenvalue weighted by Crippen LogP contribution is -2.40. The first-order chi connectivity index (χ1) is 8.60. The molecule has 0 radical (unpaired) electrons. The van der Waals surface area contributed by atoms with Gasteiger partial charge >= 0.3 is 0 Å². The molecular weight excluding hydrogens is 226 g/mol. The molecule has 0 aromatic heterocycles. The third-order valence-corrected chi connectivity index (χ3v) is 3.99. The number of epoxide rings is 1. The Morgan fingerprint density at radius 3 is 2.28 bits per heavy atom. The van der Waals surface area contributed by atoms with Crippen molar-refractivity contribution in [1.82, 2.24) is 4.90 Å². The zero-order valence-electron chi connectivity index (χ0n) is 12.5. The van der Waals surface area contributed by atoms with Crippen LogP contribution in [0.25, 0.3) is 0 Å². The lowest BCUT2D eigenvalue weighted by atomic mass is 10.0. The normalized spacial score (nSPS) is 26.1. The number of likely N-dealkylation sites (N-methyl/N-ethyl adjacent to an activating group) is 1. The predicted molar refractivity (Wildman–Crippen MR) is 74.6 cm³/mol. The molecule has 1 saturated heterocycles. The highest BCUT2D eigenvalue weighted by Crippen LogP contribution is 2.41. The third kappa shape index (κ3) is 3.71. The van der Waals surface area contributed by atoms with E-state index in [0.29, 0.717) is 0 Å². The van der Waals surface area contributed by atoms with Gasteiger partial charge in [0.2, 0.25) is 0 Å². The van der Waals surface area contributed by atoms with Gasteiger partial charge in [-0.1, -0.05) is 39.0 Å². The molecule has 0 bridgehead atoms. The summed E-state index contributed by atoms with van der Waals surface area (Å²) >= 11 is 0. The predicted octanol–water partition coefficient (Wildman–Crippen LogP) is 3.37. The molecule has 2 atom stereocenters. The van der Waals surface area contributed by atoms with Crippen molar-refractivity contribution >= 4 is 5.91 Å². The van der Waals surface area contributed by atoms with Gasteiger partial charge in [0.25, 0.3) is 5.91 Å². The van der Waals surface area contributed by atoms with Gasteiger partial charge in [-0.3, -0.25) is 4.79 Å². The summed E-state index contributed by atoms with van der Waals surface area (Å²) in [7, 11) is 0. The molecule has 0 saturated carbocycles. The van der Waals surface area contributed by atoms with Gasteiger partial charge in [0.1, 0.15) is 0 Å². The second-order valence-corrected chi connectivity index (χ2v) is 5.39. The monoisotopic (exact) mass is 255 g/mol. The van der Waals surface area contributed by atoms with Crippen LogP contribution in [-0.2, 0) is 9.53 Å². The highest BCUT2D eigenvalue weighted by atomic mass is 16.6. The number of hydrogen-bond donors (Lipinski definition) is 0. The second-order valence-electron chi connectivity index (χ2n) is 5.39. The molecule has 1 amide bonds. The smallest absolute Gasteiger partial charge is 0.257 e. The molecule has 1 heterocycles. The summed E-state index contributed by atoms with van der Waals surface area (Å²) in [5.74, 6) is 0.172. The maximum atomic E-state index is 12.2. The lowest BCUT2D eigenvalue weighted by Gasteiger charge is -2.21. The van der Waals surface area contributed by atoms with Gasteiger partial charge in [-0.2, -0.15) is 0 Å². The van der Waals surface area contributed by atoms with Crippen LogP contribution in [0, 0.1) is 0 Å². The Bertz CT molecular complexity index is 263. The van der Waals surface area contributed by atoms with E-state index in [1.54, 1.807) is 0 Å². The van der Waals surface area contributed by atoms with E-state index in [1.165, 1.54) is 32.1 Å². The molecule has 1 fully saturated rings. The van der Waals surface area contributed by atoms with Gasteiger partial charge in [0.05, 0.1) is 6.10 Å². The van der Waals surface area contributed by atoms with E-state index in [2.05, 4.69) is 6.92 Å². The first-order valence-electron chi connectivity index (χ1n) is 7.57. The fourth-order valence-electron chi connectivity index (χ4n) is 2.54. The van der Waals surface area contributed by atoms with Crippen LogP contribution in [0.4, 0.5) is 0 Å². The SMILES string of the molecule is CCCCCCC[C@H]1O[C@]1(C)C(=O)N(CC)CC. The summed E-state index contributed by atoms with van der Waals surface area (Å²) in [6, 6.07) is 0. The molecule has 0 N–H and O–H groups in total. The summed E-state index contributed by atoms with van der Waals surface area (Å²) in [6.45, 7) is 9.77. The number of nitrogens with zero attached hydrogens (tertiary/aromatic N) is 1. The summed E-state index contributed by atoms with van der Waals surface area (Å²) in [5.41, 5.74) is -0.517. The van der Waals surface area contributed by atoms with Crippen molar-refractivity contribution in [3.8, 4) is 0 Å². The van der Waals surface area contributed by atoms with Gasteiger partial charge in [-0.05, 0) is 27.2 Å². The van der Waals surface area contributed by atoms with E-state index in [9.17, 15) is 4.79 Å². The minimum absolute atomic E-state index is 0.159. The van der Waals surface area contributed by atoms with Crippen LogP contribution in [0.5, 0.6) is 0 Å². The van der Waals surface area contributed by atoms with E-state index in [4.69, 9.17) is 4.74 Å². The summed E-state index contributed by atoms with van der Waals surface area (Å²) in [4.78, 5) is 14.1. The fraction of sp³-hybridized carbons (Fsp3) is 0.933. The van der Waals surface area contributed by atoms with Crippen molar-refractivity contribution in [2.24, 2.45) is 0 Å². The van der Waals surface area contributed by atoms with Crippen molar-refractivity contribution < 1.29 is 9.53 Å². The van der Waals surface area contributed by atoms with E-state index in [0.717, 1.165) is 19.5 Å². The summed E-state index contributed by atoms with van der Waals surface area (Å²) in [5, 5.41) is 0. The van der Waals surface area contributed by atoms with Gasteiger partial charge < -0.3 is 9.64 Å². The molecule has 0 spiro atoms. The molecule has 1 rings (SSSR count). The topological polar surface area (TPSA) is 32.8 Å². The molecule has 3 nitrogen and oxygen atoms in total. The molecule has 3 heteroatoms. The van der Waals surface area contributed by atoms with Crippen molar-refractivity contribution in [3.63, 3.8) is 0 Å². The number of amides is 1. The highest BCUT2D eigenvalue weighted by molar-refractivity contribution is 5.88. The number of ether oxygens (including phenoxy) is 1. The Kier molecular flexibility index (Phi) is 6.13. The van der Waals surface area contributed by atoms with Crippen LogP contribution < -0.4 is 0 Å². The highest BCUT2D eigenvalue weighted by Gasteiger charge is 2.58. The Morgan fingerprint density at radius 2 is 1.72 bits per heavy atom. The van der Waals surface area contributed by atoms with Crippen molar-refractivity contribution in [1.29, 1.82) is 0 Å². The second kappa shape index (κ2) is 7.13.